The summed E-state index contributed by atoms with van der Waals surface area (Å²) in [4.78, 5) is 2.61. The molecule has 3 rings (SSSR count). The van der Waals surface area contributed by atoms with Crippen molar-refractivity contribution < 1.29 is 5.11 Å². The highest BCUT2D eigenvalue weighted by Crippen LogP contribution is 2.24. The molecule has 2 N–H and O–H groups in total. The Morgan fingerprint density at radius 1 is 1.26 bits per heavy atom. The molecule has 2 aromatic rings. The lowest BCUT2D eigenvalue weighted by atomic mass is 9.91. The minimum absolute atomic E-state index is 0.314. The topological polar surface area (TPSA) is 52.2 Å². The smallest absolute Gasteiger partial charge is 0.116 e. The Morgan fingerprint density at radius 2 is 2.09 bits per heavy atom. The number of phenols is 1. The van der Waals surface area contributed by atoms with Crippen molar-refractivity contribution in [1.29, 1.82) is 0 Å². The number of nitrogens with zero attached hydrogens (tertiary/aromatic N) is 2. The van der Waals surface area contributed by atoms with E-state index in [4.69, 9.17) is 0 Å². The average Bonchev–Trinajstić information content (AvgIpc) is 2.96. The van der Waals surface area contributed by atoms with Gasteiger partial charge in [-0.1, -0.05) is 26.2 Å². The molecule has 0 unspecified atom stereocenters. The van der Waals surface area contributed by atoms with Crippen LogP contribution in [0.4, 0.5) is 0 Å². The van der Waals surface area contributed by atoms with Gasteiger partial charge in [0.1, 0.15) is 5.75 Å². The number of rotatable bonds is 7. The molecule has 0 bridgehead atoms. The number of hydrogen-bond acceptors (Lipinski definition) is 3. The summed E-state index contributed by atoms with van der Waals surface area (Å²) >= 11 is 0. The molecule has 0 amide bonds. The summed E-state index contributed by atoms with van der Waals surface area (Å²) in [6.07, 6.45) is 9.00. The molecule has 1 aromatic heterocycles. The molecule has 0 saturated carbocycles. The number of aromatic amines is 1. The number of piperidine rings is 1. The summed E-state index contributed by atoms with van der Waals surface area (Å²) in [6.45, 7) is 5.97. The number of H-pyrrole nitrogens is 1. The van der Waals surface area contributed by atoms with Crippen molar-refractivity contribution in [1.82, 2.24) is 15.1 Å². The Kier molecular flexibility index (Phi) is 5.55. The maximum Gasteiger partial charge on any atom is 0.116 e. The van der Waals surface area contributed by atoms with Crippen molar-refractivity contribution in [2.24, 2.45) is 5.92 Å². The lowest BCUT2D eigenvalue weighted by molar-refractivity contribution is 0.176. The summed E-state index contributed by atoms with van der Waals surface area (Å²) in [5, 5.41) is 18.2. The molecule has 1 fully saturated rings. The van der Waals surface area contributed by atoms with Crippen LogP contribution in [0.15, 0.2) is 18.2 Å². The highest BCUT2D eigenvalue weighted by Gasteiger charge is 2.18. The van der Waals surface area contributed by atoms with Gasteiger partial charge in [-0.3, -0.25) is 5.10 Å². The van der Waals surface area contributed by atoms with Crippen molar-refractivity contribution in [2.45, 2.75) is 51.9 Å². The number of hydrogen-bond donors (Lipinski definition) is 2. The van der Waals surface area contributed by atoms with Gasteiger partial charge in [-0.05, 0) is 69.4 Å². The summed E-state index contributed by atoms with van der Waals surface area (Å²) in [5.74, 6) is 1.28. The highest BCUT2D eigenvalue weighted by atomic mass is 16.3. The van der Waals surface area contributed by atoms with Crippen molar-refractivity contribution in [3.8, 4) is 5.75 Å². The Bertz CT molecular complexity index is 614. The van der Waals surface area contributed by atoms with E-state index in [9.17, 15) is 5.11 Å². The maximum absolute atomic E-state index is 9.64. The van der Waals surface area contributed by atoms with E-state index >= 15 is 0 Å². The molecule has 1 aliphatic rings. The number of aromatic nitrogens is 2. The Morgan fingerprint density at radius 3 is 2.87 bits per heavy atom. The zero-order valence-corrected chi connectivity index (χ0v) is 14.2. The van der Waals surface area contributed by atoms with Gasteiger partial charge >= 0.3 is 0 Å². The lowest BCUT2D eigenvalue weighted by Crippen LogP contribution is -2.34. The lowest BCUT2D eigenvalue weighted by Gasteiger charge is -2.31. The minimum Gasteiger partial charge on any atom is -0.508 e. The van der Waals surface area contributed by atoms with E-state index in [0.29, 0.717) is 5.75 Å². The molecule has 4 nitrogen and oxygen atoms in total. The molecule has 1 saturated heterocycles. The van der Waals surface area contributed by atoms with Gasteiger partial charge in [0.05, 0.1) is 11.2 Å². The molecule has 126 valence electrons. The third kappa shape index (κ3) is 4.25. The fourth-order valence-electron chi connectivity index (χ4n) is 3.71. The minimum atomic E-state index is 0.314. The molecule has 0 spiro atoms. The third-order valence-electron chi connectivity index (χ3n) is 5.19. The van der Waals surface area contributed by atoms with Gasteiger partial charge in [0.25, 0.3) is 0 Å². The summed E-state index contributed by atoms with van der Waals surface area (Å²) in [6, 6.07) is 5.41. The first-order valence-corrected chi connectivity index (χ1v) is 9.14. The van der Waals surface area contributed by atoms with E-state index in [1.165, 1.54) is 45.2 Å². The normalized spacial score (nSPS) is 17.1. The van der Waals surface area contributed by atoms with Crippen LogP contribution in [0.2, 0.25) is 0 Å². The molecular formula is C19H29N3O. The molecular weight excluding hydrogens is 286 g/mol. The number of aryl methyl sites for hydroxylation is 1. The molecule has 0 radical (unpaired) electrons. The van der Waals surface area contributed by atoms with Crippen molar-refractivity contribution in [3.05, 3.63) is 23.9 Å². The number of fused-ring (bicyclic) bond motifs is 1. The van der Waals surface area contributed by atoms with Gasteiger partial charge in [0.15, 0.2) is 0 Å². The number of aromatic hydroxyl groups is 1. The fraction of sp³-hybridized carbons (Fsp3) is 0.632. The quantitative estimate of drug-likeness (QED) is 0.808. The Labute approximate surface area is 138 Å². The number of phenolic OH excluding ortho intramolecular Hbond substituents is 1. The predicted molar refractivity (Wildman–Crippen MR) is 94.8 cm³/mol. The zero-order chi connectivity index (χ0) is 16.1. The van der Waals surface area contributed by atoms with E-state index < -0.39 is 0 Å². The molecule has 4 heteroatoms. The number of likely N-dealkylation sites (tertiary alicyclic amines) is 1. The zero-order valence-electron chi connectivity index (χ0n) is 14.2. The van der Waals surface area contributed by atoms with Gasteiger partial charge in [-0.25, -0.2) is 0 Å². The second-order valence-electron chi connectivity index (χ2n) is 6.93. The summed E-state index contributed by atoms with van der Waals surface area (Å²) in [5.41, 5.74) is 2.09. The van der Waals surface area contributed by atoms with E-state index in [0.717, 1.165) is 41.9 Å². The maximum atomic E-state index is 9.64. The summed E-state index contributed by atoms with van der Waals surface area (Å²) in [7, 11) is 0. The van der Waals surface area contributed by atoms with Gasteiger partial charge in [-0.2, -0.15) is 5.10 Å². The second-order valence-corrected chi connectivity index (χ2v) is 6.93. The number of benzene rings is 1. The molecule has 1 aliphatic heterocycles. The largest absolute Gasteiger partial charge is 0.508 e. The van der Waals surface area contributed by atoms with Gasteiger partial charge in [-0.15, -0.1) is 0 Å². The molecule has 0 aliphatic carbocycles. The summed E-state index contributed by atoms with van der Waals surface area (Å²) < 4.78 is 0. The predicted octanol–water partition coefficient (Wildman–Crippen LogP) is 4.10. The monoisotopic (exact) mass is 315 g/mol. The molecule has 23 heavy (non-hydrogen) atoms. The molecule has 0 atom stereocenters. The highest BCUT2D eigenvalue weighted by molar-refractivity contribution is 5.82. The third-order valence-corrected chi connectivity index (χ3v) is 5.19. The Hall–Kier alpha value is -1.55. The van der Waals surface area contributed by atoms with Crippen LogP contribution < -0.4 is 0 Å². The van der Waals surface area contributed by atoms with E-state index in [1.54, 1.807) is 6.07 Å². The van der Waals surface area contributed by atoms with Crippen LogP contribution in [-0.2, 0) is 6.42 Å². The average molecular weight is 315 g/mol. The van der Waals surface area contributed by atoms with Crippen molar-refractivity contribution >= 4 is 10.9 Å². The second kappa shape index (κ2) is 7.82. The van der Waals surface area contributed by atoms with E-state index in [1.807, 2.05) is 12.1 Å². The van der Waals surface area contributed by atoms with E-state index in [2.05, 4.69) is 22.0 Å². The van der Waals surface area contributed by atoms with Gasteiger partial charge in [0, 0.05) is 5.39 Å². The Balaban J connectivity index is 1.44. The van der Waals surface area contributed by atoms with Crippen LogP contribution in [0, 0.1) is 5.92 Å². The first-order valence-electron chi connectivity index (χ1n) is 9.14. The fourth-order valence-corrected chi connectivity index (χ4v) is 3.71. The van der Waals surface area contributed by atoms with Gasteiger partial charge in [0.2, 0.25) is 0 Å². The van der Waals surface area contributed by atoms with Crippen LogP contribution in [0.1, 0.15) is 51.1 Å². The van der Waals surface area contributed by atoms with E-state index in [-0.39, 0.29) is 0 Å². The first-order chi connectivity index (χ1) is 11.3. The van der Waals surface area contributed by atoms with Crippen LogP contribution in [0.5, 0.6) is 5.75 Å². The van der Waals surface area contributed by atoms with Crippen LogP contribution in [-0.4, -0.2) is 39.8 Å². The standard InChI is InChI=1S/C19H29N3O/c1-2-3-5-15-9-12-22(13-10-15)11-4-6-18-17-14-16(23)7-8-19(17)21-20-18/h7-8,14-15,23H,2-6,9-13H2,1H3,(H,20,21). The van der Waals surface area contributed by atoms with Crippen LogP contribution in [0.3, 0.4) is 0 Å². The number of unbranched alkanes of at least 4 members (excludes halogenated alkanes) is 1. The number of nitrogens with one attached hydrogen (secondary N) is 1. The first kappa shape index (κ1) is 16.3. The van der Waals surface area contributed by atoms with Crippen molar-refractivity contribution in [3.63, 3.8) is 0 Å². The van der Waals surface area contributed by atoms with Crippen molar-refractivity contribution in [2.75, 3.05) is 19.6 Å². The molecule has 1 aromatic carbocycles. The van der Waals surface area contributed by atoms with Gasteiger partial charge < -0.3 is 10.0 Å². The molecule has 2 heterocycles. The van der Waals surface area contributed by atoms with Crippen LogP contribution in [0.25, 0.3) is 10.9 Å². The SMILES string of the molecule is CCCCC1CCN(CCCc2n[nH]c3ccc(O)cc23)CC1. The van der Waals surface area contributed by atoms with Crippen LogP contribution >= 0.6 is 0 Å².